The third-order valence-corrected chi connectivity index (χ3v) is 5.03. The summed E-state index contributed by atoms with van der Waals surface area (Å²) in [5.74, 6) is 0. The third kappa shape index (κ3) is 4.55. The van der Waals surface area contributed by atoms with Crippen LogP contribution in [0.5, 0.6) is 0 Å². The lowest BCUT2D eigenvalue weighted by Gasteiger charge is -2.45. The van der Waals surface area contributed by atoms with Gasteiger partial charge in [0.2, 0.25) is 0 Å². The second kappa shape index (κ2) is 8.47. The molecule has 0 saturated carbocycles. The van der Waals surface area contributed by atoms with E-state index in [0.717, 1.165) is 26.2 Å². The zero-order chi connectivity index (χ0) is 15.9. The maximum Gasteiger partial charge on any atom is 0.0658 e. The van der Waals surface area contributed by atoms with Gasteiger partial charge in [-0.1, -0.05) is 54.5 Å². The molecule has 1 aromatic rings. The van der Waals surface area contributed by atoms with E-state index in [1.807, 2.05) is 6.08 Å². The van der Waals surface area contributed by atoms with Gasteiger partial charge in [-0.05, 0) is 37.7 Å². The second-order valence-electron chi connectivity index (χ2n) is 6.83. The van der Waals surface area contributed by atoms with E-state index in [1.54, 1.807) is 5.57 Å². The van der Waals surface area contributed by atoms with Crippen molar-refractivity contribution in [2.75, 3.05) is 13.2 Å². The Morgan fingerprint density at radius 1 is 1.13 bits per heavy atom. The standard InChI is InChI=1S/C21H29NO/c1-2-3-4-5-7-12-19-13-20-16-23-17-21(14-19)22(20)15-18-10-8-6-9-11-18/h2,6,8-11,13,20-21H,1,3-5,7,12,14-17H2. The van der Waals surface area contributed by atoms with Gasteiger partial charge in [-0.15, -0.1) is 6.58 Å². The number of rotatable bonds is 8. The molecule has 3 rings (SSSR count). The predicted octanol–water partition coefficient (Wildman–Crippen LogP) is 4.72. The first kappa shape index (κ1) is 16.5. The van der Waals surface area contributed by atoms with Crippen LogP contribution in [0.3, 0.4) is 0 Å². The van der Waals surface area contributed by atoms with Gasteiger partial charge in [0, 0.05) is 12.6 Å². The zero-order valence-corrected chi connectivity index (χ0v) is 14.1. The minimum absolute atomic E-state index is 0.464. The Labute approximate surface area is 140 Å². The van der Waals surface area contributed by atoms with E-state index in [-0.39, 0.29) is 0 Å². The first-order valence-corrected chi connectivity index (χ1v) is 9.04. The monoisotopic (exact) mass is 311 g/mol. The number of morpholine rings is 1. The van der Waals surface area contributed by atoms with Gasteiger partial charge in [-0.3, -0.25) is 4.90 Å². The highest BCUT2D eigenvalue weighted by molar-refractivity contribution is 5.20. The van der Waals surface area contributed by atoms with E-state index in [1.165, 1.54) is 37.7 Å². The van der Waals surface area contributed by atoms with Gasteiger partial charge in [0.05, 0.1) is 19.3 Å². The first-order valence-electron chi connectivity index (χ1n) is 9.04. The fraction of sp³-hybridized carbons (Fsp3) is 0.524. The third-order valence-electron chi connectivity index (χ3n) is 5.03. The summed E-state index contributed by atoms with van der Waals surface area (Å²) in [6.45, 7) is 6.58. The Balaban J connectivity index is 1.57. The quantitative estimate of drug-likeness (QED) is 0.508. The van der Waals surface area contributed by atoms with Gasteiger partial charge in [0.1, 0.15) is 0 Å². The largest absolute Gasteiger partial charge is 0.378 e. The lowest BCUT2D eigenvalue weighted by molar-refractivity contribution is -0.0442. The van der Waals surface area contributed by atoms with E-state index in [0.29, 0.717) is 12.1 Å². The number of allylic oxidation sites excluding steroid dienone is 1. The molecule has 2 unspecified atom stereocenters. The van der Waals surface area contributed by atoms with Gasteiger partial charge in [-0.2, -0.15) is 0 Å². The molecule has 1 saturated heterocycles. The highest BCUT2D eigenvalue weighted by atomic mass is 16.5. The Morgan fingerprint density at radius 2 is 2.00 bits per heavy atom. The summed E-state index contributed by atoms with van der Waals surface area (Å²) in [6.07, 6.45) is 12.1. The van der Waals surface area contributed by atoms with Gasteiger partial charge >= 0.3 is 0 Å². The second-order valence-corrected chi connectivity index (χ2v) is 6.83. The van der Waals surface area contributed by atoms with Crippen molar-refractivity contribution in [1.29, 1.82) is 0 Å². The van der Waals surface area contributed by atoms with E-state index >= 15 is 0 Å². The molecule has 0 aliphatic carbocycles. The van der Waals surface area contributed by atoms with Crippen LogP contribution in [-0.4, -0.2) is 30.2 Å². The summed E-state index contributed by atoms with van der Waals surface area (Å²) in [5.41, 5.74) is 3.07. The minimum atomic E-state index is 0.464. The van der Waals surface area contributed by atoms with Gasteiger partial charge < -0.3 is 4.74 Å². The SMILES string of the molecule is C=CCCCCCC1=CC2COCC(C1)N2Cc1ccccc1. The molecule has 2 aliphatic heterocycles. The summed E-state index contributed by atoms with van der Waals surface area (Å²) in [6, 6.07) is 11.8. The van der Waals surface area contributed by atoms with Crippen molar-refractivity contribution < 1.29 is 4.74 Å². The lowest BCUT2D eigenvalue weighted by atomic mass is 9.90. The number of unbranched alkanes of at least 4 members (excludes halogenated alkanes) is 3. The van der Waals surface area contributed by atoms with Crippen molar-refractivity contribution in [2.45, 2.75) is 57.2 Å². The fourth-order valence-electron chi connectivity index (χ4n) is 3.79. The van der Waals surface area contributed by atoms with Crippen LogP contribution in [0.1, 0.15) is 44.1 Å². The van der Waals surface area contributed by atoms with Crippen molar-refractivity contribution in [1.82, 2.24) is 4.90 Å². The molecule has 2 atom stereocenters. The molecule has 0 radical (unpaired) electrons. The van der Waals surface area contributed by atoms with Crippen LogP contribution in [0.2, 0.25) is 0 Å². The molecule has 23 heavy (non-hydrogen) atoms. The molecule has 0 amide bonds. The summed E-state index contributed by atoms with van der Waals surface area (Å²) < 4.78 is 5.81. The Kier molecular flexibility index (Phi) is 6.06. The van der Waals surface area contributed by atoms with Crippen molar-refractivity contribution in [3.8, 4) is 0 Å². The smallest absolute Gasteiger partial charge is 0.0658 e. The normalized spacial score (nSPS) is 24.3. The topological polar surface area (TPSA) is 12.5 Å². The average molecular weight is 311 g/mol. The lowest BCUT2D eigenvalue weighted by Crippen LogP contribution is -2.53. The van der Waals surface area contributed by atoms with Crippen LogP contribution >= 0.6 is 0 Å². The summed E-state index contributed by atoms with van der Waals surface area (Å²) in [5, 5.41) is 0. The van der Waals surface area contributed by atoms with Gasteiger partial charge in [0.15, 0.2) is 0 Å². The van der Waals surface area contributed by atoms with E-state index < -0.39 is 0 Å². The van der Waals surface area contributed by atoms with Crippen LogP contribution in [0, 0.1) is 0 Å². The van der Waals surface area contributed by atoms with Crippen LogP contribution < -0.4 is 0 Å². The molecular weight excluding hydrogens is 282 g/mol. The molecule has 2 nitrogen and oxygen atoms in total. The number of hydrogen-bond donors (Lipinski definition) is 0. The fourth-order valence-corrected chi connectivity index (χ4v) is 3.79. The van der Waals surface area contributed by atoms with Crippen LogP contribution in [0.15, 0.2) is 54.6 Å². The zero-order valence-electron chi connectivity index (χ0n) is 14.1. The molecule has 0 spiro atoms. The van der Waals surface area contributed by atoms with Crippen molar-refractivity contribution in [3.63, 3.8) is 0 Å². The van der Waals surface area contributed by atoms with Gasteiger partial charge in [0.25, 0.3) is 0 Å². The van der Waals surface area contributed by atoms with E-state index in [9.17, 15) is 0 Å². The molecule has 0 aromatic heterocycles. The molecule has 1 aromatic carbocycles. The summed E-state index contributed by atoms with van der Waals surface area (Å²) in [7, 11) is 0. The van der Waals surface area contributed by atoms with E-state index in [4.69, 9.17) is 4.74 Å². The maximum absolute atomic E-state index is 5.81. The first-order chi connectivity index (χ1) is 11.4. The summed E-state index contributed by atoms with van der Waals surface area (Å²) >= 11 is 0. The maximum atomic E-state index is 5.81. The van der Waals surface area contributed by atoms with Crippen LogP contribution in [-0.2, 0) is 11.3 Å². The average Bonchev–Trinajstić information content (AvgIpc) is 2.56. The molecule has 2 heterocycles. The van der Waals surface area contributed by atoms with E-state index in [2.05, 4.69) is 47.9 Å². The van der Waals surface area contributed by atoms with Gasteiger partial charge in [-0.25, -0.2) is 0 Å². The van der Waals surface area contributed by atoms with Crippen LogP contribution in [0.4, 0.5) is 0 Å². The molecule has 0 N–H and O–H groups in total. The molecule has 2 aliphatic rings. The number of fused-ring (bicyclic) bond motifs is 2. The molecule has 124 valence electrons. The molecule has 2 heteroatoms. The van der Waals surface area contributed by atoms with Crippen LogP contribution in [0.25, 0.3) is 0 Å². The number of nitrogens with zero attached hydrogens (tertiary/aromatic N) is 1. The molecular formula is C21H29NO. The summed E-state index contributed by atoms with van der Waals surface area (Å²) in [4.78, 5) is 2.64. The Morgan fingerprint density at radius 3 is 2.78 bits per heavy atom. The molecule has 1 fully saturated rings. The number of hydrogen-bond acceptors (Lipinski definition) is 2. The minimum Gasteiger partial charge on any atom is -0.378 e. The highest BCUT2D eigenvalue weighted by Crippen LogP contribution is 2.30. The van der Waals surface area contributed by atoms with Crippen molar-refractivity contribution in [3.05, 3.63) is 60.2 Å². The Hall–Kier alpha value is -1.38. The van der Waals surface area contributed by atoms with Crippen molar-refractivity contribution >= 4 is 0 Å². The molecule has 2 bridgehead atoms. The number of benzene rings is 1. The van der Waals surface area contributed by atoms with Crippen molar-refractivity contribution in [2.24, 2.45) is 0 Å². The Bertz CT molecular complexity index is 522. The number of ether oxygens (including phenoxy) is 1. The highest BCUT2D eigenvalue weighted by Gasteiger charge is 2.34. The predicted molar refractivity (Wildman–Crippen MR) is 96.4 cm³/mol.